The molecule has 19 heteroatoms. The zero-order chi connectivity index (χ0) is 73.5. The molecule has 0 fully saturated rings. The van der Waals surface area contributed by atoms with E-state index in [9.17, 15) is 43.2 Å². The number of hydrogen-bond donors (Lipinski definition) is 3. The van der Waals surface area contributed by atoms with Gasteiger partial charge in [-0.15, -0.1) is 0 Å². The number of ether oxygens (including phenoxy) is 4. The van der Waals surface area contributed by atoms with Crippen LogP contribution in [-0.4, -0.2) is 96.7 Å². The number of carbonyl (C=O) groups excluding carboxylic acids is 4. The van der Waals surface area contributed by atoms with E-state index < -0.39 is 97.5 Å². The van der Waals surface area contributed by atoms with Crippen LogP contribution >= 0.6 is 15.6 Å². The van der Waals surface area contributed by atoms with Crippen LogP contribution < -0.4 is 0 Å². The molecule has 0 aliphatic rings. The molecule has 0 saturated heterocycles. The molecule has 0 aromatic carbocycles. The summed E-state index contributed by atoms with van der Waals surface area (Å²) in [6, 6.07) is 0. The molecule has 0 bridgehead atoms. The molecule has 100 heavy (non-hydrogen) atoms. The standard InChI is InChI=1S/C81H158O17P2/c1-7-10-12-14-16-18-19-20-21-22-23-24-25-30-35-41-47-53-59-65-80(85)98-77(70-92-79(84)64-58-52-46-40-34-29-27-26-28-33-39-44-50-56-62-74(6)9-3)72-96-100(89,90)94-68-75(82)67-93-99(87,88)95-71-76(69-91-78(83)63-57-51-45-37-17-15-13-11-8-2)97-81(86)66-60-54-48-42-36-31-32-38-43-49-55-61-73(4)5/h73-77,82H,7-72H2,1-6H3,(H,87,88)(H,89,90)/t74?,75-,76+,77+/m0/s1. The van der Waals surface area contributed by atoms with Gasteiger partial charge in [0.1, 0.15) is 19.3 Å². The van der Waals surface area contributed by atoms with Crippen molar-refractivity contribution in [2.75, 3.05) is 39.6 Å². The molecule has 17 nitrogen and oxygen atoms in total. The maximum Gasteiger partial charge on any atom is 0.472 e. The Balaban J connectivity index is 5.22. The van der Waals surface area contributed by atoms with Gasteiger partial charge in [-0.2, -0.15) is 0 Å². The fourth-order valence-electron chi connectivity index (χ4n) is 12.5. The Kier molecular flexibility index (Phi) is 71.2. The first-order valence-corrected chi connectivity index (χ1v) is 45.0. The summed E-state index contributed by atoms with van der Waals surface area (Å²) in [5.41, 5.74) is 0. The average molecular weight is 1470 g/mol. The molecular formula is C81H158O17P2. The van der Waals surface area contributed by atoms with Gasteiger partial charge in [0.15, 0.2) is 12.2 Å². The van der Waals surface area contributed by atoms with Gasteiger partial charge < -0.3 is 33.8 Å². The van der Waals surface area contributed by atoms with Gasteiger partial charge in [-0.05, 0) is 37.5 Å². The van der Waals surface area contributed by atoms with Crippen LogP contribution in [0.25, 0.3) is 0 Å². The van der Waals surface area contributed by atoms with Gasteiger partial charge in [0.05, 0.1) is 26.4 Å². The molecule has 0 rings (SSSR count). The SMILES string of the molecule is CCCCCCCCCCCCCCCCCCCCCC(=O)O[C@H](COC(=O)CCCCCCCCCCCCCCCCC(C)CC)COP(=O)(O)OC[C@@H](O)COP(=O)(O)OC[C@@H](COC(=O)CCCCCCCCCCC)OC(=O)CCCCCCCCCCCCCC(C)C. The van der Waals surface area contributed by atoms with Crippen LogP contribution in [-0.2, 0) is 65.4 Å². The molecule has 0 spiro atoms. The third-order valence-electron chi connectivity index (χ3n) is 19.3. The molecule has 0 aliphatic carbocycles. The Morgan fingerprint density at radius 1 is 0.290 bits per heavy atom. The van der Waals surface area contributed by atoms with Crippen LogP contribution in [0.15, 0.2) is 0 Å². The first-order chi connectivity index (χ1) is 48.4. The molecular weight excluding hydrogens is 1310 g/mol. The summed E-state index contributed by atoms with van der Waals surface area (Å²) in [5, 5.41) is 10.6. The molecule has 0 aromatic rings. The zero-order valence-electron chi connectivity index (χ0n) is 65.5. The van der Waals surface area contributed by atoms with E-state index in [2.05, 4.69) is 41.5 Å². The summed E-state index contributed by atoms with van der Waals surface area (Å²) < 4.78 is 68.7. The monoisotopic (exact) mass is 1470 g/mol. The highest BCUT2D eigenvalue weighted by Gasteiger charge is 2.30. The fraction of sp³-hybridized carbons (Fsp3) is 0.951. The van der Waals surface area contributed by atoms with Gasteiger partial charge in [-0.1, -0.05) is 375 Å². The van der Waals surface area contributed by atoms with Crippen molar-refractivity contribution in [2.24, 2.45) is 11.8 Å². The predicted molar refractivity (Wildman–Crippen MR) is 409 cm³/mol. The Labute approximate surface area is 613 Å². The van der Waals surface area contributed by atoms with E-state index in [4.69, 9.17) is 37.0 Å². The van der Waals surface area contributed by atoms with Crippen molar-refractivity contribution in [3.63, 3.8) is 0 Å². The van der Waals surface area contributed by atoms with E-state index in [0.29, 0.717) is 25.7 Å². The van der Waals surface area contributed by atoms with Gasteiger partial charge in [0.25, 0.3) is 0 Å². The number of hydrogen-bond acceptors (Lipinski definition) is 15. The molecule has 3 unspecified atom stereocenters. The second-order valence-corrected chi connectivity index (χ2v) is 32.8. The first-order valence-electron chi connectivity index (χ1n) is 42.0. The smallest absolute Gasteiger partial charge is 0.462 e. The number of aliphatic hydroxyl groups excluding tert-OH is 1. The van der Waals surface area contributed by atoms with Crippen molar-refractivity contribution in [2.45, 2.75) is 445 Å². The molecule has 0 aromatic heterocycles. The third kappa shape index (κ3) is 73.0. The average Bonchev–Trinajstić information content (AvgIpc) is 1.65. The minimum atomic E-state index is -4.96. The minimum Gasteiger partial charge on any atom is -0.462 e. The largest absolute Gasteiger partial charge is 0.472 e. The molecule has 594 valence electrons. The lowest BCUT2D eigenvalue weighted by Crippen LogP contribution is -2.30. The maximum absolute atomic E-state index is 13.1. The summed E-state index contributed by atoms with van der Waals surface area (Å²) >= 11 is 0. The number of unbranched alkanes of at least 4 members (excludes halogenated alkanes) is 49. The van der Waals surface area contributed by atoms with E-state index in [0.717, 1.165) is 102 Å². The van der Waals surface area contributed by atoms with Crippen molar-refractivity contribution in [1.29, 1.82) is 0 Å². The van der Waals surface area contributed by atoms with Crippen molar-refractivity contribution < 1.29 is 80.2 Å². The highest BCUT2D eigenvalue weighted by Crippen LogP contribution is 2.45. The van der Waals surface area contributed by atoms with Crippen LogP contribution in [0.5, 0.6) is 0 Å². The van der Waals surface area contributed by atoms with E-state index in [1.165, 1.54) is 244 Å². The summed E-state index contributed by atoms with van der Waals surface area (Å²) in [4.78, 5) is 73.0. The minimum absolute atomic E-state index is 0.107. The van der Waals surface area contributed by atoms with Crippen LogP contribution in [0.4, 0.5) is 0 Å². The summed E-state index contributed by atoms with van der Waals surface area (Å²) in [5.74, 6) is -0.494. The highest BCUT2D eigenvalue weighted by atomic mass is 31.2. The van der Waals surface area contributed by atoms with E-state index in [1.54, 1.807) is 0 Å². The summed E-state index contributed by atoms with van der Waals surface area (Å²) in [7, 11) is -9.92. The summed E-state index contributed by atoms with van der Waals surface area (Å²) in [6.07, 6.45) is 62.4. The first kappa shape index (κ1) is 98.1. The van der Waals surface area contributed by atoms with Crippen LogP contribution in [0, 0.1) is 11.8 Å². The van der Waals surface area contributed by atoms with E-state index in [1.807, 2.05) is 0 Å². The topological polar surface area (TPSA) is 237 Å². The van der Waals surface area contributed by atoms with Crippen LogP contribution in [0.1, 0.15) is 427 Å². The molecule has 0 amide bonds. The second kappa shape index (κ2) is 72.6. The number of rotatable bonds is 80. The number of aliphatic hydroxyl groups is 1. The summed E-state index contributed by atoms with van der Waals surface area (Å²) in [6.45, 7) is 9.68. The molecule has 0 aliphatic heterocycles. The Morgan fingerprint density at radius 3 is 0.760 bits per heavy atom. The molecule has 3 N–H and O–H groups in total. The van der Waals surface area contributed by atoms with Gasteiger partial charge >= 0.3 is 39.5 Å². The van der Waals surface area contributed by atoms with Crippen molar-refractivity contribution in [3.8, 4) is 0 Å². The van der Waals surface area contributed by atoms with Gasteiger partial charge in [0, 0.05) is 25.7 Å². The number of esters is 4. The normalized spacial score (nSPS) is 14.2. The molecule has 0 radical (unpaired) electrons. The highest BCUT2D eigenvalue weighted by molar-refractivity contribution is 7.47. The van der Waals surface area contributed by atoms with E-state index >= 15 is 0 Å². The second-order valence-electron chi connectivity index (χ2n) is 29.9. The molecule has 0 saturated carbocycles. The number of carbonyl (C=O) groups is 4. The van der Waals surface area contributed by atoms with E-state index in [-0.39, 0.29) is 25.7 Å². The van der Waals surface area contributed by atoms with Gasteiger partial charge in [-0.25, -0.2) is 9.13 Å². The van der Waals surface area contributed by atoms with Gasteiger partial charge in [-0.3, -0.25) is 37.3 Å². The lowest BCUT2D eigenvalue weighted by molar-refractivity contribution is -0.161. The maximum atomic E-state index is 13.1. The zero-order valence-corrected chi connectivity index (χ0v) is 67.3. The fourth-order valence-corrected chi connectivity index (χ4v) is 14.1. The van der Waals surface area contributed by atoms with Crippen LogP contribution in [0.3, 0.4) is 0 Å². The lowest BCUT2D eigenvalue weighted by atomic mass is 9.99. The number of phosphoric ester groups is 2. The lowest BCUT2D eigenvalue weighted by Gasteiger charge is -2.21. The van der Waals surface area contributed by atoms with Crippen LogP contribution in [0.2, 0.25) is 0 Å². The van der Waals surface area contributed by atoms with Gasteiger partial charge in [0.2, 0.25) is 0 Å². The predicted octanol–water partition coefficient (Wildman–Crippen LogP) is 24.3. The Bertz CT molecular complexity index is 1930. The number of phosphoric acid groups is 2. The van der Waals surface area contributed by atoms with Crippen molar-refractivity contribution in [1.82, 2.24) is 0 Å². The molecule has 6 atom stereocenters. The quantitative estimate of drug-likeness (QED) is 0.0222. The molecule has 0 heterocycles. The van der Waals surface area contributed by atoms with Crippen molar-refractivity contribution in [3.05, 3.63) is 0 Å². The third-order valence-corrected chi connectivity index (χ3v) is 21.2. The van der Waals surface area contributed by atoms with Crippen molar-refractivity contribution >= 4 is 39.5 Å². The Morgan fingerprint density at radius 2 is 0.510 bits per heavy atom. The Hall–Kier alpha value is -1.94.